The van der Waals surface area contributed by atoms with Crippen LogP contribution in [0.3, 0.4) is 0 Å². The van der Waals surface area contributed by atoms with Crippen LogP contribution in [0.25, 0.3) is 0 Å². The van der Waals surface area contributed by atoms with Crippen molar-refractivity contribution in [2.24, 2.45) is 0 Å². The number of halogens is 1. The van der Waals surface area contributed by atoms with Gasteiger partial charge in [0, 0.05) is 0 Å². The van der Waals surface area contributed by atoms with Crippen molar-refractivity contribution in [3.05, 3.63) is 35.6 Å². The lowest BCUT2D eigenvalue weighted by molar-refractivity contribution is 0.627. The molecule has 0 nitrogen and oxygen atoms in total. The monoisotopic (exact) mass is 170 g/mol. The molecular weight excluding hydrogens is 159 g/mol. The molecule has 0 aliphatic rings. The predicted octanol–water partition coefficient (Wildman–Crippen LogP) is 2.73. The van der Waals surface area contributed by atoms with Crippen molar-refractivity contribution in [1.82, 2.24) is 0 Å². The lowest BCUT2D eigenvalue weighted by Crippen LogP contribution is -1.87. The van der Waals surface area contributed by atoms with Gasteiger partial charge in [-0.1, -0.05) is 12.1 Å². The van der Waals surface area contributed by atoms with Gasteiger partial charge in [0.2, 0.25) is 0 Å². The summed E-state index contributed by atoms with van der Waals surface area (Å²) in [6.07, 6.45) is 3.10. The van der Waals surface area contributed by atoms with E-state index < -0.39 is 0 Å². The fourth-order valence-electron chi connectivity index (χ4n) is 0.871. The van der Waals surface area contributed by atoms with Crippen LogP contribution in [0.2, 0.25) is 0 Å². The molecular formula is C9H11FS. The number of aryl methyl sites for hydroxylation is 1. The summed E-state index contributed by atoms with van der Waals surface area (Å²) in [4.78, 5) is 0. The zero-order valence-corrected chi connectivity index (χ0v) is 7.33. The van der Waals surface area contributed by atoms with E-state index in [0.29, 0.717) is 0 Å². The fourth-order valence-corrected chi connectivity index (χ4v) is 1.31. The van der Waals surface area contributed by atoms with Crippen molar-refractivity contribution >= 4 is 11.8 Å². The molecule has 0 spiro atoms. The Labute approximate surface area is 70.8 Å². The van der Waals surface area contributed by atoms with E-state index in [2.05, 4.69) is 6.26 Å². The Morgan fingerprint density at radius 1 is 1.27 bits per heavy atom. The fraction of sp³-hybridized carbons (Fsp3) is 0.333. The first-order valence-electron chi connectivity index (χ1n) is 3.56. The van der Waals surface area contributed by atoms with Gasteiger partial charge in [-0.3, -0.25) is 0 Å². The number of hydrogen-bond donors (Lipinski definition) is 0. The van der Waals surface area contributed by atoms with Gasteiger partial charge in [0.15, 0.2) is 0 Å². The van der Waals surface area contributed by atoms with Crippen LogP contribution < -0.4 is 0 Å². The molecule has 0 saturated heterocycles. The summed E-state index contributed by atoms with van der Waals surface area (Å²) >= 11 is 1.81. The van der Waals surface area contributed by atoms with E-state index in [-0.39, 0.29) is 5.82 Å². The van der Waals surface area contributed by atoms with E-state index in [1.165, 1.54) is 17.7 Å². The summed E-state index contributed by atoms with van der Waals surface area (Å²) in [5.74, 6) is 0.948. The van der Waals surface area contributed by atoms with Crippen LogP contribution in [-0.4, -0.2) is 12.0 Å². The SMILES string of the molecule is CSCCc1ccc(F)cc1. The van der Waals surface area contributed by atoms with Gasteiger partial charge in [-0.2, -0.15) is 11.8 Å². The second-order valence-corrected chi connectivity index (χ2v) is 3.35. The third-order valence-corrected chi connectivity index (χ3v) is 2.12. The zero-order valence-electron chi connectivity index (χ0n) is 6.51. The Bertz CT molecular complexity index is 205. The van der Waals surface area contributed by atoms with Crippen LogP contribution in [-0.2, 0) is 6.42 Å². The van der Waals surface area contributed by atoms with E-state index in [0.717, 1.165) is 12.2 Å². The molecule has 0 fully saturated rings. The Hall–Kier alpha value is -0.500. The maximum absolute atomic E-state index is 12.4. The first kappa shape index (κ1) is 8.60. The molecule has 0 aliphatic carbocycles. The minimum absolute atomic E-state index is 0.155. The van der Waals surface area contributed by atoms with Crippen molar-refractivity contribution in [2.75, 3.05) is 12.0 Å². The second-order valence-electron chi connectivity index (χ2n) is 2.37. The van der Waals surface area contributed by atoms with E-state index in [4.69, 9.17) is 0 Å². The van der Waals surface area contributed by atoms with E-state index in [1.807, 2.05) is 12.1 Å². The molecule has 60 valence electrons. The first-order chi connectivity index (χ1) is 5.33. The zero-order chi connectivity index (χ0) is 8.10. The molecule has 0 atom stereocenters. The summed E-state index contributed by atoms with van der Waals surface area (Å²) in [5, 5.41) is 0. The van der Waals surface area contributed by atoms with E-state index in [9.17, 15) is 4.39 Å². The molecule has 0 heterocycles. The Kier molecular flexibility index (Phi) is 3.43. The molecule has 1 rings (SSSR count). The lowest BCUT2D eigenvalue weighted by Gasteiger charge is -1.97. The molecule has 2 heteroatoms. The van der Waals surface area contributed by atoms with Gasteiger partial charge >= 0.3 is 0 Å². The Morgan fingerprint density at radius 3 is 2.45 bits per heavy atom. The quantitative estimate of drug-likeness (QED) is 0.672. The van der Waals surface area contributed by atoms with Gasteiger partial charge in [-0.15, -0.1) is 0 Å². The smallest absolute Gasteiger partial charge is 0.123 e. The summed E-state index contributed by atoms with van der Waals surface area (Å²) in [6, 6.07) is 6.70. The van der Waals surface area contributed by atoms with Crippen LogP contribution in [0.5, 0.6) is 0 Å². The third kappa shape index (κ3) is 2.93. The predicted molar refractivity (Wildman–Crippen MR) is 48.5 cm³/mol. The third-order valence-electron chi connectivity index (χ3n) is 1.51. The minimum atomic E-state index is -0.155. The maximum atomic E-state index is 12.4. The Morgan fingerprint density at radius 2 is 1.91 bits per heavy atom. The topological polar surface area (TPSA) is 0 Å². The normalized spacial score (nSPS) is 10.0. The average molecular weight is 170 g/mol. The van der Waals surface area contributed by atoms with Gasteiger partial charge in [-0.25, -0.2) is 4.39 Å². The molecule has 0 radical (unpaired) electrons. The van der Waals surface area contributed by atoms with Crippen molar-refractivity contribution in [1.29, 1.82) is 0 Å². The molecule has 0 saturated carbocycles. The van der Waals surface area contributed by atoms with Crippen molar-refractivity contribution in [3.8, 4) is 0 Å². The summed E-state index contributed by atoms with van der Waals surface area (Å²) in [5.41, 5.74) is 1.21. The van der Waals surface area contributed by atoms with E-state index in [1.54, 1.807) is 11.8 Å². The van der Waals surface area contributed by atoms with Gasteiger partial charge in [0.25, 0.3) is 0 Å². The molecule has 0 unspecified atom stereocenters. The standard InChI is InChI=1S/C9H11FS/c1-11-7-6-8-2-4-9(10)5-3-8/h2-5H,6-7H2,1H3. The highest BCUT2D eigenvalue weighted by Crippen LogP contribution is 2.05. The van der Waals surface area contributed by atoms with Crippen molar-refractivity contribution < 1.29 is 4.39 Å². The summed E-state index contributed by atoms with van der Waals surface area (Å²) < 4.78 is 12.4. The van der Waals surface area contributed by atoms with Gasteiger partial charge in [0.05, 0.1) is 0 Å². The average Bonchev–Trinajstić information content (AvgIpc) is 2.04. The van der Waals surface area contributed by atoms with Crippen LogP contribution in [0.15, 0.2) is 24.3 Å². The van der Waals surface area contributed by atoms with Gasteiger partial charge in [-0.05, 0) is 36.1 Å². The molecule has 1 aromatic rings. The number of hydrogen-bond acceptors (Lipinski definition) is 1. The van der Waals surface area contributed by atoms with E-state index >= 15 is 0 Å². The van der Waals surface area contributed by atoms with Gasteiger partial charge < -0.3 is 0 Å². The summed E-state index contributed by atoms with van der Waals surface area (Å²) in [6.45, 7) is 0. The van der Waals surface area contributed by atoms with Crippen LogP contribution in [0, 0.1) is 5.82 Å². The largest absolute Gasteiger partial charge is 0.207 e. The molecule has 0 aromatic heterocycles. The highest BCUT2D eigenvalue weighted by atomic mass is 32.2. The van der Waals surface area contributed by atoms with Crippen LogP contribution in [0.1, 0.15) is 5.56 Å². The molecule has 0 bridgehead atoms. The highest BCUT2D eigenvalue weighted by Gasteiger charge is 1.91. The first-order valence-corrected chi connectivity index (χ1v) is 4.95. The highest BCUT2D eigenvalue weighted by molar-refractivity contribution is 7.98. The van der Waals surface area contributed by atoms with Crippen molar-refractivity contribution in [3.63, 3.8) is 0 Å². The molecule has 1 aromatic carbocycles. The van der Waals surface area contributed by atoms with Gasteiger partial charge in [0.1, 0.15) is 5.82 Å². The molecule has 0 amide bonds. The van der Waals surface area contributed by atoms with Crippen molar-refractivity contribution in [2.45, 2.75) is 6.42 Å². The van der Waals surface area contributed by atoms with Crippen LogP contribution >= 0.6 is 11.8 Å². The number of thioether (sulfide) groups is 1. The second kappa shape index (κ2) is 4.39. The number of rotatable bonds is 3. The summed E-state index contributed by atoms with van der Waals surface area (Å²) in [7, 11) is 0. The minimum Gasteiger partial charge on any atom is -0.207 e. The molecule has 0 N–H and O–H groups in total. The Balaban J connectivity index is 2.52. The lowest BCUT2D eigenvalue weighted by atomic mass is 10.2. The molecule has 0 aliphatic heterocycles. The van der Waals surface area contributed by atoms with Crippen LogP contribution in [0.4, 0.5) is 4.39 Å². The number of benzene rings is 1. The molecule has 11 heavy (non-hydrogen) atoms. The maximum Gasteiger partial charge on any atom is 0.123 e.